The van der Waals surface area contributed by atoms with E-state index in [2.05, 4.69) is 33.6 Å². The van der Waals surface area contributed by atoms with Gasteiger partial charge in [-0.25, -0.2) is 9.97 Å². The fourth-order valence-corrected chi connectivity index (χ4v) is 2.53. The number of benzene rings is 2. The van der Waals surface area contributed by atoms with Crippen molar-refractivity contribution < 1.29 is 4.79 Å². The molecule has 0 atom stereocenters. The van der Waals surface area contributed by atoms with Crippen LogP contribution in [-0.4, -0.2) is 15.9 Å². The highest BCUT2D eigenvalue weighted by Crippen LogP contribution is 2.19. The Kier molecular flexibility index (Phi) is 5.04. The molecule has 0 saturated carbocycles. The number of hydrogen-bond donors (Lipinski definition) is 2. The number of carbonyl (C=O) groups is 1. The Morgan fingerprint density at radius 3 is 2.48 bits per heavy atom. The van der Waals surface area contributed by atoms with E-state index >= 15 is 0 Å². The first-order valence-electron chi connectivity index (χ1n) is 8.22. The van der Waals surface area contributed by atoms with Gasteiger partial charge in [-0.05, 0) is 43.2 Å². The quantitative estimate of drug-likeness (QED) is 0.729. The molecule has 0 unspecified atom stereocenters. The van der Waals surface area contributed by atoms with Gasteiger partial charge >= 0.3 is 0 Å². The SMILES string of the molecule is CCc1ccccc1Nc1nc(C)cc(C(=O)Nc2ccccc2)n1. The first-order chi connectivity index (χ1) is 12.2. The minimum Gasteiger partial charge on any atom is -0.324 e. The molecule has 1 heterocycles. The molecular formula is C20H20N4O. The summed E-state index contributed by atoms with van der Waals surface area (Å²) < 4.78 is 0. The number of nitrogens with zero attached hydrogens (tertiary/aromatic N) is 2. The molecule has 126 valence electrons. The lowest BCUT2D eigenvalue weighted by Gasteiger charge is -2.11. The average molecular weight is 332 g/mol. The van der Waals surface area contributed by atoms with E-state index < -0.39 is 0 Å². The number of para-hydroxylation sites is 2. The number of amides is 1. The summed E-state index contributed by atoms with van der Waals surface area (Å²) in [4.78, 5) is 21.2. The van der Waals surface area contributed by atoms with E-state index in [1.54, 1.807) is 6.07 Å². The van der Waals surface area contributed by atoms with Crippen LogP contribution in [0.1, 0.15) is 28.7 Å². The van der Waals surface area contributed by atoms with E-state index in [1.807, 2.05) is 55.5 Å². The van der Waals surface area contributed by atoms with Gasteiger partial charge in [0.1, 0.15) is 5.69 Å². The molecule has 25 heavy (non-hydrogen) atoms. The van der Waals surface area contributed by atoms with Gasteiger partial charge in [0.2, 0.25) is 5.95 Å². The summed E-state index contributed by atoms with van der Waals surface area (Å²) in [6, 6.07) is 19.0. The standard InChI is InChI=1S/C20H20N4O/c1-3-15-9-7-8-12-17(15)23-20-21-14(2)13-18(24-20)19(25)22-16-10-5-4-6-11-16/h4-13H,3H2,1-2H3,(H,22,25)(H,21,23,24). The first-order valence-corrected chi connectivity index (χ1v) is 8.22. The molecule has 3 rings (SSSR count). The topological polar surface area (TPSA) is 66.9 Å². The molecule has 5 nitrogen and oxygen atoms in total. The van der Waals surface area contributed by atoms with Gasteiger partial charge in [0.25, 0.3) is 5.91 Å². The van der Waals surface area contributed by atoms with Gasteiger partial charge in [-0.3, -0.25) is 4.79 Å². The zero-order chi connectivity index (χ0) is 17.6. The maximum Gasteiger partial charge on any atom is 0.274 e. The molecule has 1 amide bonds. The normalized spacial score (nSPS) is 10.3. The van der Waals surface area contributed by atoms with Crippen molar-refractivity contribution in [3.05, 3.63) is 77.6 Å². The van der Waals surface area contributed by atoms with Gasteiger partial charge in [-0.2, -0.15) is 0 Å². The predicted molar refractivity (Wildman–Crippen MR) is 100 cm³/mol. The van der Waals surface area contributed by atoms with Crippen LogP contribution in [-0.2, 0) is 6.42 Å². The van der Waals surface area contributed by atoms with Crippen molar-refractivity contribution in [3.63, 3.8) is 0 Å². The Labute approximate surface area is 147 Å². The van der Waals surface area contributed by atoms with Crippen molar-refractivity contribution >= 4 is 23.2 Å². The maximum atomic E-state index is 12.5. The lowest BCUT2D eigenvalue weighted by atomic mass is 10.1. The summed E-state index contributed by atoms with van der Waals surface area (Å²) in [5.74, 6) is 0.155. The van der Waals surface area contributed by atoms with E-state index in [0.29, 0.717) is 11.6 Å². The number of aromatic nitrogens is 2. The Hall–Kier alpha value is -3.21. The van der Waals surface area contributed by atoms with E-state index in [1.165, 1.54) is 5.56 Å². The molecule has 0 radical (unpaired) electrons. The van der Waals surface area contributed by atoms with Crippen molar-refractivity contribution in [2.75, 3.05) is 10.6 Å². The fourth-order valence-electron chi connectivity index (χ4n) is 2.53. The number of carbonyl (C=O) groups excluding carboxylic acids is 1. The smallest absolute Gasteiger partial charge is 0.274 e. The van der Waals surface area contributed by atoms with E-state index in [0.717, 1.165) is 23.5 Å². The van der Waals surface area contributed by atoms with Crippen molar-refractivity contribution in [1.29, 1.82) is 0 Å². The number of hydrogen-bond acceptors (Lipinski definition) is 4. The number of anilines is 3. The number of nitrogens with one attached hydrogen (secondary N) is 2. The van der Waals surface area contributed by atoms with Gasteiger partial charge < -0.3 is 10.6 Å². The molecular weight excluding hydrogens is 312 g/mol. The van der Waals surface area contributed by atoms with Gasteiger partial charge in [-0.15, -0.1) is 0 Å². The molecule has 1 aromatic heterocycles. The van der Waals surface area contributed by atoms with Gasteiger partial charge in [0, 0.05) is 17.1 Å². The van der Waals surface area contributed by atoms with Crippen LogP contribution in [0.5, 0.6) is 0 Å². The van der Waals surface area contributed by atoms with Crippen LogP contribution in [0, 0.1) is 6.92 Å². The Balaban J connectivity index is 1.84. The Bertz CT molecular complexity index is 878. The largest absolute Gasteiger partial charge is 0.324 e. The lowest BCUT2D eigenvalue weighted by Crippen LogP contribution is -2.15. The summed E-state index contributed by atoms with van der Waals surface area (Å²) in [5.41, 5.74) is 3.90. The minimum atomic E-state index is -0.261. The van der Waals surface area contributed by atoms with Gasteiger partial charge in [0.05, 0.1) is 0 Å². The lowest BCUT2D eigenvalue weighted by molar-refractivity contribution is 0.102. The highest BCUT2D eigenvalue weighted by atomic mass is 16.1. The van der Waals surface area contributed by atoms with Gasteiger partial charge in [-0.1, -0.05) is 43.3 Å². The minimum absolute atomic E-state index is 0.261. The van der Waals surface area contributed by atoms with Crippen LogP contribution >= 0.6 is 0 Å². The van der Waals surface area contributed by atoms with E-state index in [4.69, 9.17) is 0 Å². The Morgan fingerprint density at radius 1 is 1.00 bits per heavy atom. The van der Waals surface area contributed by atoms with Crippen LogP contribution in [0.3, 0.4) is 0 Å². The van der Waals surface area contributed by atoms with E-state index in [9.17, 15) is 4.79 Å². The molecule has 0 aliphatic rings. The third kappa shape index (κ3) is 4.20. The first kappa shape index (κ1) is 16.6. The summed E-state index contributed by atoms with van der Waals surface area (Å²) in [7, 11) is 0. The molecule has 0 bridgehead atoms. The van der Waals surface area contributed by atoms with Crippen molar-refractivity contribution in [1.82, 2.24) is 9.97 Å². The molecule has 0 fully saturated rings. The highest BCUT2D eigenvalue weighted by Gasteiger charge is 2.12. The third-order valence-corrected chi connectivity index (χ3v) is 3.76. The molecule has 0 aliphatic heterocycles. The molecule has 2 N–H and O–H groups in total. The van der Waals surface area contributed by atoms with Crippen molar-refractivity contribution in [3.8, 4) is 0 Å². The van der Waals surface area contributed by atoms with Crippen LogP contribution in [0.4, 0.5) is 17.3 Å². The molecule has 3 aromatic rings. The molecule has 0 aliphatic carbocycles. The van der Waals surface area contributed by atoms with Crippen LogP contribution in [0.2, 0.25) is 0 Å². The van der Waals surface area contributed by atoms with Crippen LogP contribution in [0.15, 0.2) is 60.7 Å². The molecule has 5 heteroatoms. The fraction of sp³-hybridized carbons (Fsp3) is 0.150. The second-order valence-electron chi connectivity index (χ2n) is 5.67. The molecule has 2 aromatic carbocycles. The summed E-state index contributed by atoms with van der Waals surface area (Å²) >= 11 is 0. The van der Waals surface area contributed by atoms with Gasteiger partial charge in [0.15, 0.2) is 0 Å². The second-order valence-corrected chi connectivity index (χ2v) is 5.67. The van der Waals surface area contributed by atoms with E-state index in [-0.39, 0.29) is 5.91 Å². The van der Waals surface area contributed by atoms with Crippen molar-refractivity contribution in [2.24, 2.45) is 0 Å². The third-order valence-electron chi connectivity index (χ3n) is 3.76. The zero-order valence-electron chi connectivity index (χ0n) is 14.3. The number of aryl methyl sites for hydroxylation is 2. The maximum absolute atomic E-state index is 12.5. The average Bonchev–Trinajstić information content (AvgIpc) is 2.62. The zero-order valence-corrected chi connectivity index (χ0v) is 14.3. The van der Waals surface area contributed by atoms with Crippen molar-refractivity contribution in [2.45, 2.75) is 20.3 Å². The predicted octanol–water partition coefficient (Wildman–Crippen LogP) is 4.34. The molecule has 0 spiro atoms. The van der Waals surface area contributed by atoms with Crippen LogP contribution < -0.4 is 10.6 Å². The Morgan fingerprint density at radius 2 is 1.72 bits per heavy atom. The highest BCUT2D eigenvalue weighted by molar-refractivity contribution is 6.03. The summed E-state index contributed by atoms with van der Waals surface area (Å²) in [6.07, 6.45) is 0.899. The molecule has 0 saturated heterocycles. The summed E-state index contributed by atoms with van der Waals surface area (Å²) in [6.45, 7) is 3.94. The number of rotatable bonds is 5. The van der Waals surface area contributed by atoms with Crippen LogP contribution in [0.25, 0.3) is 0 Å². The second kappa shape index (κ2) is 7.57. The summed E-state index contributed by atoms with van der Waals surface area (Å²) in [5, 5.41) is 6.06. The monoisotopic (exact) mass is 332 g/mol.